The van der Waals surface area contributed by atoms with E-state index < -0.39 is 16.6 Å². The Morgan fingerprint density at radius 3 is 1.90 bits per heavy atom. The van der Waals surface area contributed by atoms with Crippen LogP contribution in [0.4, 0.5) is 0 Å². The van der Waals surface area contributed by atoms with Gasteiger partial charge < -0.3 is 13.8 Å². The average molecular weight is 320 g/mol. The summed E-state index contributed by atoms with van der Waals surface area (Å²) in [7, 11) is -3.74. The predicted molar refractivity (Wildman–Crippen MR) is 85.3 cm³/mol. The summed E-state index contributed by atoms with van der Waals surface area (Å²) in [4.78, 5) is 24.6. The molecule has 0 spiro atoms. The molecule has 0 heterocycles. The number of rotatable bonds is 8. The zero-order valence-electron chi connectivity index (χ0n) is 14.0. The second kappa shape index (κ2) is 7.37. The van der Waals surface area contributed by atoms with Crippen LogP contribution in [-0.2, 0) is 18.4 Å². The Hall–Kier alpha value is -0.666. The SMILES string of the molecule is CC(C)C(O[Si](C)(C)C)N(C=O)CC(=O)O[Si](C)(C)C. The van der Waals surface area contributed by atoms with Crippen LogP contribution in [0.3, 0.4) is 0 Å². The monoisotopic (exact) mass is 319 g/mol. The van der Waals surface area contributed by atoms with E-state index in [1.807, 2.05) is 33.5 Å². The Bertz CT molecular complexity index is 334. The summed E-state index contributed by atoms with van der Waals surface area (Å²) in [5.74, 6) is -0.243. The lowest BCUT2D eigenvalue weighted by atomic mass is 10.2. The van der Waals surface area contributed by atoms with Crippen LogP contribution in [0.5, 0.6) is 0 Å². The van der Waals surface area contributed by atoms with Crippen molar-refractivity contribution in [3.63, 3.8) is 0 Å². The Morgan fingerprint density at radius 2 is 1.60 bits per heavy atom. The summed E-state index contributed by atoms with van der Waals surface area (Å²) in [6, 6.07) is 0. The van der Waals surface area contributed by atoms with Gasteiger partial charge in [-0.1, -0.05) is 13.8 Å². The second-order valence-corrected chi connectivity index (χ2v) is 16.1. The molecule has 0 rings (SSSR count). The second-order valence-electron chi connectivity index (χ2n) is 7.23. The highest BCUT2D eigenvalue weighted by molar-refractivity contribution is 6.71. The number of amides is 1. The number of carbonyl (C=O) groups excluding carboxylic acids is 2. The molecule has 1 atom stereocenters. The van der Waals surface area contributed by atoms with E-state index in [0.29, 0.717) is 6.41 Å². The molecule has 0 aromatic rings. The molecule has 0 N–H and O–H groups in total. The van der Waals surface area contributed by atoms with E-state index >= 15 is 0 Å². The molecule has 0 aromatic heterocycles. The molecule has 20 heavy (non-hydrogen) atoms. The van der Waals surface area contributed by atoms with Gasteiger partial charge >= 0.3 is 5.97 Å². The Morgan fingerprint density at radius 1 is 1.10 bits per heavy atom. The molecular weight excluding hydrogens is 290 g/mol. The van der Waals surface area contributed by atoms with Crippen LogP contribution in [0.1, 0.15) is 13.8 Å². The van der Waals surface area contributed by atoms with Crippen molar-refractivity contribution in [3.8, 4) is 0 Å². The lowest BCUT2D eigenvalue weighted by Crippen LogP contribution is -2.49. The van der Waals surface area contributed by atoms with Crippen molar-refractivity contribution in [3.05, 3.63) is 0 Å². The summed E-state index contributed by atoms with van der Waals surface area (Å²) in [6.07, 6.45) is 0.296. The van der Waals surface area contributed by atoms with Crippen molar-refractivity contribution >= 4 is 29.0 Å². The largest absolute Gasteiger partial charge is 0.519 e. The maximum absolute atomic E-state index is 11.9. The van der Waals surface area contributed by atoms with Gasteiger partial charge in [0.15, 0.2) is 8.32 Å². The minimum absolute atomic E-state index is 0.0545. The van der Waals surface area contributed by atoms with E-state index in [2.05, 4.69) is 19.6 Å². The van der Waals surface area contributed by atoms with Crippen LogP contribution in [-0.4, -0.2) is 46.7 Å². The maximum Gasteiger partial charge on any atom is 0.312 e. The first kappa shape index (κ1) is 19.3. The smallest absolute Gasteiger partial charge is 0.312 e. The normalized spacial score (nSPS) is 14.1. The van der Waals surface area contributed by atoms with E-state index in [-0.39, 0.29) is 24.7 Å². The summed E-state index contributed by atoms with van der Waals surface area (Å²) in [5, 5.41) is 0. The number of nitrogens with zero attached hydrogens (tertiary/aromatic N) is 1. The minimum Gasteiger partial charge on any atom is -0.519 e. The average Bonchev–Trinajstić information content (AvgIpc) is 2.18. The van der Waals surface area contributed by atoms with Gasteiger partial charge in [-0.25, -0.2) is 0 Å². The first-order chi connectivity index (χ1) is 8.85. The van der Waals surface area contributed by atoms with Crippen LogP contribution in [0.15, 0.2) is 0 Å². The molecular formula is C13H29NO4Si2. The lowest BCUT2D eigenvalue weighted by molar-refractivity contribution is -0.145. The molecule has 5 nitrogen and oxygen atoms in total. The first-order valence-electron chi connectivity index (χ1n) is 6.96. The van der Waals surface area contributed by atoms with E-state index in [4.69, 9.17) is 8.85 Å². The molecule has 0 fully saturated rings. The third-order valence-electron chi connectivity index (χ3n) is 2.24. The summed E-state index contributed by atoms with van der Waals surface area (Å²) in [6.45, 7) is 15.9. The van der Waals surface area contributed by atoms with Gasteiger partial charge in [-0.15, -0.1) is 0 Å². The van der Waals surface area contributed by atoms with Crippen molar-refractivity contribution in [2.45, 2.75) is 59.4 Å². The number of hydrogen-bond acceptors (Lipinski definition) is 4. The van der Waals surface area contributed by atoms with Crippen molar-refractivity contribution in [2.75, 3.05) is 6.54 Å². The summed E-state index contributed by atoms with van der Waals surface area (Å²) >= 11 is 0. The van der Waals surface area contributed by atoms with Crippen molar-refractivity contribution in [1.82, 2.24) is 4.90 Å². The summed E-state index contributed by atoms with van der Waals surface area (Å²) < 4.78 is 11.4. The molecule has 0 radical (unpaired) electrons. The Balaban J connectivity index is 4.84. The molecule has 0 aliphatic rings. The predicted octanol–water partition coefficient (Wildman–Crippen LogP) is 2.66. The fourth-order valence-corrected chi connectivity index (χ4v) is 3.54. The van der Waals surface area contributed by atoms with Gasteiger partial charge in [-0.2, -0.15) is 0 Å². The molecule has 1 amide bonds. The van der Waals surface area contributed by atoms with Crippen LogP contribution in [0.2, 0.25) is 39.3 Å². The third-order valence-corrected chi connectivity index (χ3v) is 4.03. The third kappa shape index (κ3) is 8.49. The van der Waals surface area contributed by atoms with Crippen LogP contribution < -0.4 is 0 Å². The molecule has 0 aliphatic heterocycles. The van der Waals surface area contributed by atoms with E-state index in [1.54, 1.807) is 0 Å². The number of hydrogen-bond donors (Lipinski definition) is 0. The molecule has 0 saturated carbocycles. The van der Waals surface area contributed by atoms with Crippen molar-refractivity contribution in [2.24, 2.45) is 5.92 Å². The lowest BCUT2D eigenvalue weighted by Gasteiger charge is -2.35. The van der Waals surface area contributed by atoms with Crippen LogP contribution >= 0.6 is 0 Å². The van der Waals surface area contributed by atoms with E-state index in [0.717, 1.165) is 0 Å². The fourth-order valence-electron chi connectivity index (χ4n) is 1.66. The highest BCUT2D eigenvalue weighted by atomic mass is 28.4. The topological polar surface area (TPSA) is 55.8 Å². The van der Waals surface area contributed by atoms with Gasteiger partial charge in [0.2, 0.25) is 14.7 Å². The Labute approximate surface area is 124 Å². The zero-order chi connectivity index (χ0) is 16.1. The molecule has 1 unspecified atom stereocenters. The molecule has 0 aliphatic carbocycles. The van der Waals surface area contributed by atoms with Crippen molar-refractivity contribution in [1.29, 1.82) is 0 Å². The van der Waals surface area contributed by atoms with Crippen molar-refractivity contribution < 1.29 is 18.4 Å². The Kier molecular flexibility index (Phi) is 7.13. The van der Waals surface area contributed by atoms with Crippen LogP contribution in [0, 0.1) is 5.92 Å². The molecule has 0 saturated heterocycles. The summed E-state index contributed by atoms with van der Waals surface area (Å²) in [5.41, 5.74) is 0. The molecule has 0 bridgehead atoms. The van der Waals surface area contributed by atoms with Gasteiger partial charge in [-0.05, 0) is 45.2 Å². The highest BCUT2D eigenvalue weighted by Gasteiger charge is 2.30. The fraction of sp³-hybridized carbons (Fsp3) is 0.846. The van der Waals surface area contributed by atoms with Gasteiger partial charge in [0.25, 0.3) is 0 Å². The quantitative estimate of drug-likeness (QED) is 0.392. The minimum atomic E-state index is -1.93. The van der Waals surface area contributed by atoms with Gasteiger partial charge in [0.05, 0.1) is 0 Å². The standard InChI is InChI=1S/C13H29NO4Si2/c1-11(2)13(18-20(6,7)8)14(10-15)9-12(16)17-19(3,4)5/h10-11,13H,9H2,1-8H3. The van der Waals surface area contributed by atoms with Crippen LogP contribution in [0.25, 0.3) is 0 Å². The zero-order valence-corrected chi connectivity index (χ0v) is 16.0. The van der Waals surface area contributed by atoms with Gasteiger partial charge in [0.1, 0.15) is 12.8 Å². The highest BCUT2D eigenvalue weighted by Crippen LogP contribution is 2.17. The van der Waals surface area contributed by atoms with E-state index in [1.165, 1.54) is 4.90 Å². The molecule has 118 valence electrons. The van der Waals surface area contributed by atoms with E-state index in [9.17, 15) is 9.59 Å². The van der Waals surface area contributed by atoms with Gasteiger partial charge in [-0.3, -0.25) is 9.59 Å². The first-order valence-corrected chi connectivity index (χ1v) is 13.8. The maximum atomic E-state index is 11.9. The van der Waals surface area contributed by atoms with Gasteiger partial charge in [0, 0.05) is 0 Å². The molecule has 0 aromatic carbocycles. The number of carbonyl (C=O) groups is 2. The molecule has 7 heteroatoms.